The van der Waals surface area contributed by atoms with Crippen LogP contribution in [0.2, 0.25) is 0 Å². The molecule has 1 saturated heterocycles. The van der Waals surface area contributed by atoms with Gasteiger partial charge < -0.3 is 10.0 Å². The van der Waals surface area contributed by atoms with E-state index in [4.69, 9.17) is 0 Å². The Morgan fingerprint density at radius 1 is 1.15 bits per heavy atom. The van der Waals surface area contributed by atoms with Crippen molar-refractivity contribution in [3.05, 3.63) is 35.4 Å². The summed E-state index contributed by atoms with van der Waals surface area (Å²) in [4.78, 5) is 14.3. The van der Waals surface area contributed by atoms with Gasteiger partial charge in [-0.05, 0) is 62.6 Å². The molecule has 2 aliphatic carbocycles. The Balaban J connectivity index is 1.33. The summed E-state index contributed by atoms with van der Waals surface area (Å²) >= 11 is 0. The molecular weight excluding hydrogens is 343 g/mol. The largest absolute Gasteiger partial charge is 0.416 e. The number of nitrogens with zero attached hydrogens (tertiary/aromatic N) is 1. The lowest BCUT2D eigenvalue weighted by Crippen LogP contribution is -2.61. The Hall–Kier alpha value is -1.56. The molecule has 1 heterocycles. The summed E-state index contributed by atoms with van der Waals surface area (Å²) in [7, 11) is 0. The highest BCUT2D eigenvalue weighted by atomic mass is 19.4. The molecule has 6 heteroatoms. The van der Waals surface area contributed by atoms with E-state index in [1.54, 1.807) is 19.1 Å². The van der Waals surface area contributed by atoms with Crippen LogP contribution >= 0.6 is 0 Å². The average Bonchev–Trinajstić information content (AvgIpc) is 2.95. The summed E-state index contributed by atoms with van der Waals surface area (Å²) in [6.45, 7) is 3.27. The van der Waals surface area contributed by atoms with Crippen LogP contribution in [0, 0.1) is 11.3 Å². The van der Waals surface area contributed by atoms with E-state index in [-0.39, 0.29) is 23.2 Å². The zero-order valence-corrected chi connectivity index (χ0v) is 14.9. The fourth-order valence-corrected chi connectivity index (χ4v) is 5.08. The normalized spacial score (nSPS) is 33.0. The van der Waals surface area contributed by atoms with E-state index in [0.717, 1.165) is 37.9 Å². The molecule has 1 spiro atoms. The van der Waals surface area contributed by atoms with Crippen LogP contribution in [-0.4, -0.2) is 34.6 Å². The van der Waals surface area contributed by atoms with Crippen molar-refractivity contribution in [1.82, 2.24) is 4.90 Å². The van der Waals surface area contributed by atoms with Gasteiger partial charge in [0.2, 0.25) is 5.91 Å². The van der Waals surface area contributed by atoms with Gasteiger partial charge in [0.25, 0.3) is 0 Å². The minimum Gasteiger partial charge on any atom is -0.390 e. The van der Waals surface area contributed by atoms with Gasteiger partial charge in [-0.2, -0.15) is 13.2 Å². The highest BCUT2D eigenvalue weighted by Gasteiger charge is 2.53. The highest BCUT2D eigenvalue weighted by molar-refractivity contribution is 5.81. The van der Waals surface area contributed by atoms with Gasteiger partial charge in [-0.3, -0.25) is 4.79 Å². The molecule has 1 aliphatic heterocycles. The van der Waals surface area contributed by atoms with Crippen LogP contribution in [0.5, 0.6) is 0 Å². The van der Waals surface area contributed by atoms with Crippen molar-refractivity contribution in [3.8, 4) is 0 Å². The molecule has 1 unspecified atom stereocenters. The Morgan fingerprint density at radius 3 is 2.31 bits per heavy atom. The first-order valence-electron chi connectivity index (χ1n) is 9.25. The maximum Gasteiger partial charge on any atom is 0.416 e. The molecule has 26 heavy (non-hydrogen) atoms. The summed E-state index contributed by atoms with van der Waals surface area (Å²) < 4.78 is 38.1. The van der Waals surface area contributed by atoms with Crippen LogP contribution < -0.4 is 0 Å². The first kappa shape index (κ1) is 17.8. The molecule has 1 atom stereocenters. The first-order chi connectivity index (χ1) is 12.1. The predicted octanol–water partition coefficient (Wildman–Crippen LogP) is 3.96. The second-order valence-corrected chi connectivity index (χ2v) is 8.86. The molecule has 4 rings (SSSR count). The third-order valence-electron chi connectivity index (χ3n) is 6.50. The van der Waals surface area contributed by atoms with Crippen molar-refractivity contribution in [3.63, 3.8) is 0 Å². The van der Waals surface area contributed by atoms with Crippen LogP contribution in [0.3, 0.4) is 0 Å². The predicted molar refractivity (Wildman–Crippen MR) is 90.4 cm³/mol. The number of halogens is 3. The average molecular weight is 367 g/mol. The second-order valence-electron chi connectivity index (χ2n) is 8.86. The number of amides is 1. The summed E-state index contributed by atoms with van der Waals surface area (Å²) in [6.07, 6.45) is -0.287. The van der Waals surface area contributed by atoms with E-state index in [2.05, 4.69) is 0 Å². The number of benzene rings is 1. The van der Waals surface area contributed by atoms with Gasteiger partial charge in [0.05, 0.1) is 11.2 Å². The van der Waals surface area contributed by atoms with Gasteiger partial charge in [-0.15, -0.1) is 0 Å². The lowest BCUT2D eigenvalue weighted by atomic mass is 9.69. The molecule has 1 aromatic carbocycles. The van der Waals surface area contributed by atoms with Crippen LogP contribution in [0.1, 0.15) is 56.1 Å². The summed E-state index contributed by atoms with van der Waals surface area (Å²) in [5.74, 6) is 0.383. The molecule has 0 aromatic heterocycles. The van der Waals surface area contributed by atoms with Crippen LogP contribution in [0.15, 0.2) is 24.3 Å². The fraction of sp³-hybridized carbons (Fsp3) is 0.650. The van der Waals surface area contributed by atoms with Gasteiger partial charge >= 0.3 is 6.18 Å². The van der Waals surface area contributed by atoms with Gasteiger partial charge in [0, 0.05) is 24.4 Å². The van der Waals surface area contributed by atoms with Crippen LogP contribution in [-0.2, 0) is 11.0 Å². The van der Waals surface area contributed by atoms with Gasteiger partial charge in [-0.1, -0.05) is 12.1 Å². The Bertz CT molecular complexity index is 697. The van der Waals surface area contributed by atoms with E-state index in [9.17, 15) is 23.1 Å². The van der Waals surface area contributed by atoms with Gasteiger partial charge in [0.1, 0.15) is 0 Å². The SMILES string of the molecule is C[C@]1(O)C[C@@H](C(=O)N2CC3(CCC(c4ccc(C(F)(F)F)cc4)C3)C2)C1. The maximum atomic E-state index is 12.7. The fourth-order valence-electron chi connectivity index (χ4n) is 5.08. The maximum absolute atomic E-state index is 12.7. The monoisotopic (exact) mass is 367 g/mol. The molecular formula is C20H24F3NO2. The molecule has 1 N–H and O–H groups in total. The Kier molecular flexibility index (Phi) is 3.92. The number of rotatable bonds is 2. The van der Waals surface area contributed by atoms with E-state index in [0.29, 0.717) is 12.8 Å². The van der Waals surface area contributed by atoms with Crippen molar-refractivity contribution in [2.75, 3.05) is 13.1 Å². The summed E-state index contributed by atoms with van der Waals surface area (Å²) in [6, 6.07) is 5.54. The van der Waals surface area contributed by atoms with Crippen LogP contribution in [0.25, 0.3) is 0 Å². The zero-order chi connectivity index (χ0) is 18.7. The summed E-state index contributed by atoms with van der Waals surface area (Å²) in [5.41, 5.74) is -0.195. The molecule has 2 saturated carbocycles. The lowest BCUT2D eigenvalue weighted by Gasteiger charge is -2.52. The molecule has 0 bridgehead atoms. The first-order valence-corrected chi connectivity index (χ1v) is 9.25. The van der Waals surface area contributed by atoms with Crippen molar-refractivity contribution >= 4 is 5.91 Å². The molecule has 3 aliphatic rings. The lowest BCUT2D eigenvalue weighted by molar-refractivity contribution is -0.161. The molecule has 3 nitrogen and oxygen atoms in total. The number of hydrogen-bond donors (Lipinski definition) is 1. The molecule has 1 amide bonds. The minimum absolute atomic E-state index is 0.0468. The van der Waals surface area contributed by atoms with Crippen molar-refractivity contribution in [2.45, 2.75) is 56.7 Å². The molecule has 0 radical (unpaired) electrons. The number of alkyl halides is 3. The van der Waals surface area contributed by atoms with Crippen LogP contribution in [0.4, 0.5) is 13.2 Å². The van der Waals surface area contributed by atoms with Crippen molar-refractivity contribution in [1.29, 1.82) is 0 Å². The number of likely N-dealkylation sites (tertiary alicyclic amines) is 1. The topological polar surface area (TPSA) is 40.5 Å². The molecule has 142 valence electrons. The second kappa shape index (κ2) is 5.72. The number of hydrogen-bond acceptors (Lipinski definition) is 2. The number of carbonyl (C=O) groups excluding carboxylic acids is 1. The van der Waals surface area contributed by atoms with Crippen molar-refractivity contribution in [2.24, 2.45) is 11.3 Å². The van der Waals surface area contributed by atoms with Gasteiger partial charge in [0.15, 0.2) is 0 Å². The smallest absolute Gasteiger partial charge is 0.390 e. The van der Waals surface area contributed by atoms with E-state index in [1.165, 1.54) is 12.1 Å². The number of carbonyl (C=O) groups is 1. The summed E-state index contributed by atoms with van der Waals surface area (Å²) in [5, 5.41) is 9.80. The quantitative estimate of drug-likeness (QED) is 0.860. The van der Waals surface area contributed by atoms with Crippen molar-refractivity contribution < 1.29 is 23.1 Å². The Morgan fingerprint density at radius 2 is 1.77 bits per heavy atom. The highest BCUT2D eigenvalue weighted by Crippen LogP contribution is 2.53. The van der Waals surface area contributed by atoms with E-state index in [1.807, 2.05) is 4.90 Å². The standard InChI is InChI=1S/C20H24F3NO2/c1-18(26)8-15(9-18)17(25)24-11-19(12-24)7-6-14(10-19)13-2-4-16(5-3-13)20(21,22)23/h2-5,14-15,26H,6-12H2,1H3/t14?,15-,18+. The number of aliphatic hydroxyl groups is 1. The van der Waals surface area contributed by atoms with Gasteiger partial charge in [-0.25, -0.2) is 0 Å². The van der Waals surface area contributed by atoms with E-state index < -0.39 is 17.3 Å². The molecule has 3 fully saturated rings. The van der Waals surface area contributed by atoms with E-state index >= 15 is 0 Å². The third kappa shape index (κ3) is 3.13. The minimum atomic E-state index is -4.30. The zero-order valence-electron chi connectivity index (χ0n) is 14.9. The Labute approximate surface area is 151 Å². The third-order valence-corrected chi connectivity index (χ3v) is 6.50. The molecule has 1 aromatic rings.